The zero-order valence-electron chi connectivity index (χ0n) is 27.2. The molecule has 0 aliphatic carbocycles. The maximum Gasteiger partial charge on any atom is 0.405 e. The van der Waals surface area contributed by atoms with Crippen molar-refractivity contribution in [1.82, 2.24) is 4.98 Å². The van der Waals surface area contributed by atoms with E-state index < -0.39 is 59.7 Å². The molecule has 5 atom stereocenters. The predicted octanol–water partition coefficient (Wildman–Crippen LogP) is 4.43. The molecule has 1 aromatic heterocycles. The van der Waals surface area contributed by atoms with Crippen molar-refractivity contribution < 1.29 is 43.9 Å². The molecule has 2 aromatic rings. The van der Waals surface area contributed by atoms with Gasteiger partial charge in [-0.15, -0.1) is 0 Å². The average molecular weight is 651 g/mol. The number of hydrogen-bond donors (Lipinski definition) is 6. The van der Waals surface area contributed by atoms with Gasteiger partial charge < -0.3 is 45.9 Å². The summed E-state index contributed by atoms with van der Waals surface area (Å²) in [6.45, 7) is 6.73. The van der Waals surface area contributed by atoms with Crippen LogP contribution in [0.1, 0.15) is 50.2 Å². The summed E-state index contributed by atoms with van der Waals surface area (Å²) in [5.41, 5.74) is 6.53. The summed E-state index contributed by atoms with van der Waals surface area (Å²) in [6.07, 6.45) is 4.85. The van der Waals surface area contributed by atoms with Crippen molar-refractivity contribution in [2.75, 3.05) is 24.9 Å². The number of rotatable bonds is 5. The molecule has 0 spiro atoms. The molecule has 7 N–H and O–H groups in total. The van der Waals surface area contributed by atoms with Crippen molar-refractivity contribution in [3.05, 3.63) is 82.7 Å². The van der Waals surface area contributed by atoms with Crippen molar-refractivity contribution in [3.63, 3.8) is 0 Å². The minimum atomic E-state index is -1.05. The number of allylic oxidation sites excluding steroid dienone is 2. The summed E-state index contributed by atoms with van der Waals surface area (Å²) in [5.74, 6) is -2.62. The van der Waals surface area contributed by atoms with Gasteiger partial charge in [-0.05, 0) is 51.0 Å². The number of carbonyl (C=O) groups is 3. The van der Waals surface area contributed by atoms with Gasteiger partial charge in [0.05, 0.1) is 23.6 Å². The number of carbonyl (C=O) groups excluding carboxylic acids is 3. The zero-order valence-corrected chi connectivity index (χ0v) is 27.2. The van der Waals surface area contributed by atoms with E-state index in [9.17, 15) is 29.7 Å². The monoisotopic (exact) mass is 650 g/mol. The quantitative estimate of drug-likeness (QED) is 0.153. The van der Waals surface area contributed by atoms with Crippen LogP contribution in [-0.2, 0) is 19.0 Å². The number of pyridine rings is 1. The highest BCUT2D eigenvalue weighted by Gasteiger charge is 2.29. The SMILES string of the molecule is COC1C=CC=C(C)C(=O)Nc2cc(O)c(NC(=O)c3ccccn3)c(c2O)C=C(C)CC(OC)C(O)C(C)C=C(C)C1OC(N)=O. The lowest BCUT2D eigenvalue weighted by molar-refractivity contribution is -0.112. The van der Waals surface area contributed by atoms with Gasteiger partial charge in [-0.3, -0.25) is 14.6 Å². The number of aliphatic hydroxyl groups is 1. The van der Waals surface area contributed by atoms with Crippen LogP contribution in [0.5, 0.6) is 11.5 Å². The summed E-state index contributed by atoms with van der Waals surface area (Å²) in [5, 5.41) is 38.9. The van der Waals surface area contributed by atoms with Gasteiger partial charge in [-0.2, -0.15) is 0 Å². The smallest absolute Gasteiger partial charge is 0.405 e. The Morgan fingerprint density at radius 3 is 2.47 bits per heavy atom. The van der Waals surface area contributed by atoms with E-state index in [4.69, 9.17) is 19.9 Å². The summed E-state index contributed by atoms with van der Waals surface area (Å²) < 4.78 is 16.6. The number of aromatic nitrogens is 1. The van der Waals surface area contributed by atoms with Crippen LogP contribution in [0.25, 0.3) is 6.08 Å². The van der Waals surface area contributed by atoms with Gasteiger partial charge >= 0.3 is 6.09 Å². The molecule has 0 saturated heterocycles. The van der Waals surface area contributed by atoms with Gasteiger partial charge in [0.2, 0.25) is 0 Å². The first-order valence-electron chi connectivity index (χ1n) is 14.8. The molecule has 2 bridgehead atoms. The molecule has 0 saturated carbocycles. The number of benzene rings is 1. The van der Waals surface area contributed by atoms with Crippen molar-refractivity contribution >= 4 is 35.4 Å². The second-order valence-corrected chi connectivity index (χ2v) is 11.2. The van der Waals surface area contributed by atoms with E-state index in [0.717, 1.165) is 6.07 Å². The molecule has 1 aliphatic rings. The summed E-state index contributed by atoms with van der Waals surface area (Å²) in [6, 6.07) is 5.88. The maximum absolute atomic E-state index is 13.1. The summed E-state index contributed by atoms with van der Waals surface area (Å²) in [4.78, 5) is 41.9. The lowest BCUT2D eigenvalue weighted by Crippen LogP contribution is -2.36. The Kier molecular flexibility index (Phi) is 12.8. The fraction of sp³-hybridized carbons (Fsp3) is 0.353. The van der Waals surface area contributed by atoms with Crippen LogP contribution in [0.4, 0.5) is 16.2 Å². The third-order valence-corrected chi connectivity index (χ3v) is 7.63. The number of phenols is 2. The minimum Gasteiger partial charge on any atom is -0.506 e. The van der Waals surface area contributed by atoms with Crippen LogP contribution in [0.2, 0.25) is 0 Å². The fourth-order valence-corrected chi connectivity index (χ4v) is 5.09. The molecule has 1 aromatic carbocycles. The van der Waals surface area contributed by atoms with E-state index in [-0.39, 0.29) is 34.6 Å². The molecule has 2 heterocycles. The number of hydrogen-bond acceptors (Lipinski definition) is 10. The van der Waals surface area contributed by atoms with E-state index in [2.05, 4.69) is 15.6 Å². The van der Waals surface area contributed by atoms with Crippen LogP contribution < -0.4 is 16.4 Å². The Bertz CT molecular complexity index is 1580. The van der Waals surface area contributed by atoms with Crippen molar-refractivity contribution in [2.24, 2.45) is 11.7 Å². The highest BCUT2D eigenvalue weighted by Crippen LogP contribution is 2.42. The zero-order chi connectivity index (χ0) is 34.8. The number of aliphatic hydroxyl groups excluding tert-OH is 1. The van der Waals surface area contributed by atoms with E-state index in [1.54, 1.807) is 45.1 Å². The number of primary amides is 1. The van der Waals surface area contributed by atoms with Crippen molar-refractivity contribution in [2.45, 2.75) is 58.5 Å². The molecule has 252 valence electrons. The van der Waals surface area contributed by atoms with Crippen molar-refractivity contribution in [1.29, 1.82) is 0 Å². The van der Waals surface area contributed by atoms with E-state index in [1.807, 2.05) is 0 Å². The van der Waals surface area contributed by atoms with E-state index >= 15 is 0 Å². The number of phenolic OH excluding ortho intramolecular Hbond substituents is 2. The Hall–Kier alpha value is -4.98. The van der Waals surface area contributed by atoms with Gasteiger partial charge in [0.1, 0.15) is 23.3 Å². The summed E-state index contributed by atoms with van der Waals surface area (Å²) in [7, 11) is 2.86. The molecule has 13 heteroatoms. The first-order valence-corrected chi connectivity index (χ1v) is 14.8. The molecule has 0 fully saturated rings. The largest absolute Gasteiger partial charge is 0.506 e. The predicted molar refractivity (Wildman–Crippen MR) is 177 cm³/mol. The summed E-state index contributed by atoms with van der Waals surface area (Å²) >= 11 is 0. The van der Waals surface area contributed by atoms with Gasteiger partial charge in [-0.1, -0.05) is 42.9 Å². The van der Waals surface area contributed by atoms with Gasteiger partial charge in [-0.25, -0.2) is 4.79 Å². The van der Waals surface area contributed by atoms with Crippen LogP contribution in [-0.4, -0.2) is 76.8 Å². The highest BCUT2D eigenvalue weighted by atomic mass is 16.6. The number of methoxy groups -OCH3 is 2. The van der Waals surface area contributed by atoms with Crippen LogP contribution in [0, 0.1) is 5.92 Å². The number of fused-ring (bicyclic) bond motifs is 2. The van der Waals surface area contributed by atoms with Gasteiger partial charge in [0.25, 0.3) is 11.8 Å². The highest BCUT2D eigenvalue weighted by molar-refractivity contribution is 6.08. The molecule has 0 radical (unpaired) electrons. The van der Waals surface area contributed by atoms with Crippen molar-refractivity contribution in [3.8, 4) is 11.5 Å². The Morgan fingerprint density at radius 1 is 1.13 bits per heavy atom. The maximum atomic E-state index is 13.1. The molecular weight excluding hydrogens is 608 g/mol. The number of aromatic hydroxyl groups is 2. The van der Waals surface area contributed by atoms with Gasteiger partial charge in [0, 0.05) is 43.5 Å². The lowest BCUT2D eigenvalue weighted by atomic mass is 9.91. The molecule has 5 unspecified atom stereocenters. The molecule has 3 amide bonds. The van der Waals surface area contributed by atoms with E-state index in [1.165, 1.54) is 51.6 Å². The lowest BCUT2D eigenvalue weighted by Gasteiger charge is -2.28. The number of nitrogens with two attached hydrogens (primary N) is 1. The number of nitrogens with one attached hydrogen (secondary N) is 2. The number of nitrogens with zero attached hydrogens (tertiary/aromatic N) is 1. The first-order chi connectivity index (χ1) is 22.3. The third-order valence-electron chi connectivity index (χ3n) is 7.63. The first kappa shape index (κ1) is 36.5. The Labute approximate surface area is 273 Å². The second-order valence-electron chi connectivity index (χ2n) is 11.2. The molecule has 13 nitrogen and oxygen atoms in total. The second kappa shape index (κ2) is 16.5. The Morgan fingerprint density at radius 2 is 1.85 bits per heavy atom. The number of ether oxygens (including phenoxy) is 3. The van der Waals surface area contributed by atoms with E-state index in [0.29, 0.717) is 11.1 Å². The number of anilines is 2. The molecule has 47 heavy (non-hydrogen) atoms. The topological polar surface area (TPSA) is 203 Å². The van der Waals surface area contributed by atoms with Crippen LogP contribution in [0.15, 0.2) is 71.5 Å². The standard InChI is InChI=1S/C34H42N4O9/c1-18-14-22-28(38-33(43)23-11-7-8-13-36-23)25(39)17-24(30(22)41)37-32(42)19(2)10-9-12-26(45-5)31(47-34(35)44)21(4)16-20(3)29(40)27(15-18)46-6/h7-14,16-17,20,26-27,29,31,39-41H,15H2,1-6H3,(H2,35,44)(H,37,42)(H,38,43). The fourth-order valence-electron chi connectivity index (χ4n) is 5.09. The Balaban J connectivity index is 2.18. The number of amides is 3. The average Bonchev–Trinajstić information content (AvgIpc) is 3.04. The van der Waals surface area contributed by atoms with Crippen LogP contribution >= 0.6 is 0 Å². The van der Waals surface area contributed by atoms with Crippen LogP contribution in [0.3, 0.4) is 0 Å². The normalized spacial score (nSPS) is 22.7. The third kappa shape index (κ3) is 9.51. The molecular formula is C34H42N4O9. The molecule has 3 rings (SSSR count). The van der Waals surface area contributed by atoms with Gasteiger partial charge in [0.15, 0.2) is 6.10 Å². The minimum absolute atomic E-state index is 0.00374. The molecule has 1 aliphatic heterocycles.